The number of hydrogen-bond donors (Lipinski definition) is 3. The number of carbonyl (C=O) groups excluding carboxylic acids is 2. The van der Waals surface area contributed by atoms with Gasteiger partial charge in [0.2, 0.25) is 5.91 Å². The van der Waals surface area contributed by atoms with Gasteiger partial charge < -0.3 is 0 Å². The Balaban J connectivity index is 2.42. The number of benzene rings is 1. The van der Waals surface area contributed by atoms with Crippen LogP contribution in [0.25, 0.3) is 0 Å². The largest absolute Gasteiger partial charge is 0.298 e. The second kappa shape index (κ2) is 7.70. The monoisotopic (exact) mass is 299 g/mol. The van der Waals surface area contributed by atoms with E-state index < -0.39 is 0 Å². The maximum Gasteiger partial charge on any atom is 0.257 e. The maximum atomic E-state index is 11.7. The van der Waals surface area contributed by atoms with E-state index in [1.165, 1.54) is 0 Å². The fourth-order valence-corrected chi connectivity index (χ4v) is 1.49. The molecule has 0 saturated carbocycles. The summed E-state index contributed by atoms with van der Waals surface area (Å²) in [5, 5.41) is 3.01. The zero-order valence-corrected chi connectivity index (χ0v) is 11.9. The van der Waals surface area contributed by atoms with Crippen LogP contribution in [-0.4, -0.2) is 16.9 Å². The molecule has 1 rings (SSSR count). The van der Waals surface area contributed by atoms with E-state index in [2.05, 4.69) is 16.2 Å². The van der Waals surface area contributed by atoms with Crippen molar-refractivity contribution in [2.24, 2.45) is 0 Å². The lowest BCUT2D eigenvalue weighted by Crippen LogP contribution is -2.48. The zero-order valence-electron chi connectivity index (χ0n) is 10.3. The summed E-state index contributed by atoms with van der Waals surface area (Å²) < 4.78 is 0. The maximum absolute atomic E-state index is 11.7. The van der Waals surface area contributed by atoms with Crippen LogP contribution in [0.3, 0.4) is 0 Å². The Kier molecular flexibility index (Phi) is 6.24. The fourth-order valence-electron chi connectivity index (χ4n) is 1.22. The van der Waals surface area contributed by atoms with E-state index in [0.29, 0.717) is 17.0 Å². The Morgan fingerprint density at radius 2 is 1.84 bits per heavy atom. The highest BCUT2D eigenvalue weighted by molar-refractivity contribution is 7.80. The van der Waals surface area contributed by atoms with E-state index in [1.54, 1.807) is 24.3 Å². The van der Waals surface area contributed by atoms with Crippen LogP contribution in [0.2, 0.25) is 5.02 Å². The lowest BCUT2D eigenvalue weighted by Gasteiger charge is -2.10. The first-order valence-electron chi connectivity index (χ1n) is 5.68. The van der Waals surface area contributed by atoms with Crippen LogP contribution in [0.4, 0.5) is 0 Å². The third-order valence-corrected chi connectivity index (χ3v) is 2.58. The Bertz CT molecular complexity index is 476. The van der Waals surface area contributed by atoms with Crippen LogP contribution < -0.4 is 16.2 Å². The van der Waals surface area contributed by atoms with Crippen molar-refractivity contribution in [3.8, 4) is 0 Å². The second-order valence-corrected chi connectivity index (χ2v) is 4.56. The molecule has 3 N–H and O–H groups in total. The molecule has 0 saturated heterocycles. The molecule has 102 valence electrons. The van der Waals surface area contributed by atoms with Crippen LogP contribution >= 0.6 is 23.8 Å². The van der Waals surface area contributed by atoms with Crippen molar-refractivity contribution < 1.29 is 9.59 Å². The van der Waals surface area contributed by atoms with Crippen LogP contribution in [0.1, 0.15) is 30.1 Å². The van der Waals surface area contributed by atoms with Gasteiger partial charge >= 0.3 is 0 Å². The highest BCUT2D eigenvalue weighted by Gasteiger charge is 2.07. The van der Waals surface area contributed by atoms with Crippen LogP contribution in [0, 0.1) is 0 Å². The molecule has 1 aromatic rings. The van der Waals surface area contributed by atoms with Crippen molar-refractivity contribution >= 4 is 40.7 Å². The van der Waals surface area contributed by atoms with Crippen molar-refractivity contribution in [2.45, 2.75) is 19.8 Å². The minimum Gasteiger partial charge on any atom is -0.298 e. The quantitative estimate of drug-likeness (QED) is 0.588. The summed E-state index contributed by atoms with van der Waals surface area (Å²) >= 11 is 10.6. The summed E-state index contributed by atoms with van der Waals surface area (Å²) in [5.74, 6) is -0.565. The molecule has 2 amide bonds. The standard InChI is InChI=1S/C12H14ClN3O2S/c1-2-3-10(17)15-16-12(19)14-11(18)8-4-6-9(13)7-5-8/h4-7H,2-3H2,1H3,(H,15,17)(H2,14,16,18,19). The van der Waals surface area contributed by atoms with Gasteiger partial charge in [0.1, 0.15) is 0 Å². The average Bonchev–Trinajstić information content (AvgIpc) is 2.37. The molecule has 0 bridgehead atoms. The molecule has 0 fully saturated rings. The molecule has 0 unspecified atom stereocenters. The summed E-state index contributed by atoms with van der Waals surface area (Å²) in [6.07, 6.45) is 1.12. The van der Waals surface area contributed by atoms with E-state index in [9.17, 15) is 9.59 Å². The van der Waals surface area contributed by atoms with Gasteiger partial charge in [-0.1, -0.05) is 18.5 Å². The van der Waals surface area contributed by atoms with Crippen molar-refractivity contribution in [3.63, 3.8) is 0 Å². The lowest BCUT2D eigenvalue weighted by molar-refractivity contribution is -0.121. The molecular weight excluding hydrogens is 286 g/mol. The number of halogens is 1. The van der Waals surface area contributed by atoms with E-state index in [-0.39, 0.29) is 16.9 Å². The molecule has 0 aromatic heterocycles. The van der Waals surface area contributed by atoms with Crippen molar-refractivity contribution in [1.29, 1.82) is 0 Å². The van der Waals surface area contributed by atoms with Gasteiger partial charge in [0.15, 0.2) is 5.11 Å². The predicted molar refractivity (Wildman–Crippen MR) is 77.7 cm³/mol. The van der Waals surface area contributed by atoms with Crippen LogP contribution in [-0.2, 0) is 4.79 Å². The summed E-state index contributed by atoms with van der Waals surface area (Å²) in [5.41, 5.74) is 5.26. The van der Waals surface area contributed by atoms with Gasteiger partial charge in [-0.3, -0.25) is 25.8 Å². The van der Waals surface area contributed by atoms with Gasteiger partial charge in [0, 0.05) is 17.0 Å². The van der Waals surface area contributed by atoms with Gasteiger partial charge in [0.25, 0.3) is 5.91 Å². The Hall–Kier alpha value is -1.66. The molecule has 5 nitrogen and oxygen atoms in total. The van der Waals surface area contributed by atoms with E-state index in [4.69, 9.17) is 23.8 Å². The number of amides is 2. The molecular formula is C12H14ClN3O2S. The normalized spacial score (nSPS) is 9.58. The highest BCUT2D eigenvalue weighted by atomic mass is 35.5. The van der Waals surface area contributed by atoms with Gasteiger partial charge in [-0.15, -0.1) is 0 Å². The minimum atomic E-state index is -0.376. The van der Waals surface area contributed by atoms with E-state index in [0.717, 1.165) is 6.42 Å². The van der Waals surface area contributed by atoms with E-state index >= 15 is 0 Å². The number of thiocarbonyl (C=S) groups is 1. The predicted octanol–water partition coefficient (Wildman–Crippen LogP) is 1.78. The first-order valence-corrected chi connectivity index (χ1v) is 6.47. The number of hydrogen-bond acceptors (Lipinski definition) is 3. The first kappa shape index (κ1) is 15.4. The highest BCUT2D eigenvalue weighted by Crippen LogP contribution is 2.09. The molecule has 0 spiro atoms. The summed E-state index contributed by atoms with van der Waals surface area (Å²) in [6.45, 7) is 1.89. The number of rotatable bonds is 3. The second-order valence-electron chi connectivity index (χ2n) is 3.71. The first-order chi connectivity index (χ1) is 9.02. The number of nitrogens with one attached hydrogen (secondary N) is 3. The molecule has 0 heterocycles. The van der Waals surface area contributed by atoms with Crippen LogP contribution in [0.5, 0.6) is 0 Å². The minimum absolute atomic E-state index is 0.0319. The summed E-state index contributed by atoms with van der Waals surface area (Å²) in [6, 6.07) is 6.37. The Labute approximate surface area is 121 Å². The van der Waals surface area contributed by atoms with Gasteiger partial charge in [-0.2, -0.15) is 0 Å². The molecule has 0 radical (unpaired) electrons. The topological polar surface area (TPSA) is 70.2 Å². The number of carbonyl (C=O) groups is 2. The SMILES string of the molecule is CCCC(=O)NNC(=S)NC(=O)c1ccc(Cl)cc1. The molecule has 1 aromatic carbocycles. The Morgan fingerprint density at radius 1 is 1.21 bits per heavy atom. The fraction of sp³-hybridized carbons (Fsp3) is 0.250. The Morgan fingerprint density at radius 3 is 2.42 bits per heavy atom. The third-order valence-electron chi connectivity index (χ3n) is 2.13. The zero-order chi connectivity index (χ0) is 14.3. The van der Waals surface area contributed by atoms with Crippen LogP contribution in [0.15, 0.2) is 24.3 Å². The average molecular weight is 300 g/mol. The lowest BCUT2D eigenvalue weighted by atomic mass is 10.2. The summed E-state index contributed by atoms with van der Waals surface area (Å²) in [4.78, 5) is 22.9. The van der Waals surface area contributed by atoms with Crippen molar-refractivity contribution in [2.75, 3.05) is 0 Å². The molecule has 0 aliphatic carbocycles. The molecule has 0 aliphatic rings. The third kappa shape index (κ3) is 5.67. The van der Waals surface area contributed by atoms with Gasteiger partial charge in [-0.25, -0.2) is 0 Å². The number of hydrazine groups is 1. The van der Waals surface area contributed by atoms with Gasteiger partial charge in [0.05, 0.1) is 0 Å². The molecule has 19 heavy (non-hydrogen) atoms. The summed E-state index contributed by atoms with van der Waals surface area (Å²) in [7, 11) is 0. The van der Waals surface area contributed by atoms with Gasteiger partial charge in [-0.05, 0) is 42.9 Å². The van der Waals surface area contributed by atoms with E-state index in [1.807, 2.05) is 6.92 Å². The van der Waals surface area contributed by atoms with Crippen molar-refractivity contribution in [1.82, 2.24) is 16.2 Å². The molecule has 0 aliphatic heterocycles. The molecule has 7 heteroatoms. The van der Waals surface area contributed by atoms with Crippen molar-refractivity contribution in [3.05, 3.63) is 34.9 Å². The smallest absolute Gasteiger partial charge is 0.257 e. The molecule has 0 atom stereocenters.